The molecule has 29 heavy (non-hydrogen) atoms. The number of rotatable bonds is 5. The van der Waals surface area contributed by atoms with Gasteiger partial charge >= 0.3 is 0 Å². The third-order valence-corrected chi connectivity index (χ3v) is 7.90. The maximum Gasteiger partial charge on any atom is 0.236 e. The Balaban J connectivity index is 1.28. The summed E-state index contributed by atoms with van der Waals surface area (Å²) in [4.78, 5) is 42.1. The molecule has 0 aliphatic carbocycles. The first kappa shape index (κ1) is 20.6. The lowest BCUT2D eigenvalue weighted by atomic mass is 10.2. The molecule has 156 valence electrons. The van der Waals surface area contributed by atoms with Crippen molar-refractivity contribution in [2.24, 2.45) is 0 Å². The zero-order valence-corrected chi connectivity index (χ0v) is 18.7. The molecule has 0 spiro atoms. The molecule has 0 N–H and O–H groups in total. The molecule has 2 aromatic heterocycles. The number of carbonyl (C=O) groups is 2. The highest BCUT2D eigenvalue weighted by atomic mass is 32.2. The largest absolute Gasteiger partial charge is 0.342 e. The Labute approximate surface area is 179 Å². The van der Waals surface area contributed by atoms with Crippen LogP contribution in [0.4, 0.5) is 0 Å². The summed E-state index contributed by atoms with van der Waals surface area (Å²) in [6.07, 6.45) is 3.82. The molecule has 2 aliphatic rings. The Kier molecular flexibility index (Phi) is 6.36. The van der Waals surface area contributed by atoms with E-state index in [0.29, 0.717) is 25.4 Å². The van der Waals surface area contributed by atoms with E-state index in [4.69, 9.17) is 0 Å². The summed E-state index contributed by atoms with van der Waals surface area (Å²) in [6, 6.07) is 0. The fourth-order valence-corrected chi connectivity index (χ4v) is 5.91. The number of likely N-dealkylation sites (tertiary alicyclic amines) is 1. The van der Waals surface area contributed by atoms with Crippen LogP contribution in [0.1, 0.15) is 23.3 Å². The molecule has 0 aromatic carbocycles. The number of fused-ring (bicyclic) bond motifs is 1. The average molecular weight is 434 g/mol. The Morgan fingerprint density at radius 2 is 1.69 bits per heavy atom. The molecular formula is C20H27N5O2S2. The minimum absolute atomic E-state index is 0.136. The molecule has 0 unspecified atom stereocenters. The predicted octanol–water partition coefficient (Wildman–Crippen LogP) is 2.17. The Bertz CT molecular complexity index is 902. The number of hydrogen-bond donors (Lipinski definition) is 0. The first-order valence-corrected chi connectivity index (χ1v) is 11.9. The van der Waals surface area contributed by atoms with E-state index in [1.54, 1.807) is 17.7 Å². The van der Waals surface area contributed by atoms with Crippen molar-refractivity contribution in [3.8, 4) is 0 Å². The van der Waals surface area contributed by atoms with Crippen LogP contribution in [-0.2, 0) is 9.59 Å². The molecule has 2 aliphatic heterocycles. The second kappa shape index (κ2) is 8.97. The molecule has 9 heteroatoms. The van der Waals surface area contributed by atoms with Gasteiger partial charge in [0.1, 0.15) is 16.2 Å². The van der Waals surface area contributed by atoms with Crippen molar-refractivity contribution >= 4 is 45.1 Å². The van der Waals surface area contributed by atoms with Gasteiger partial charge in [0.2, 0.25) is 11.8 Å². The van der Waals surface area contributed by atoms with Crippen molar-refractivity contribution in [3.05, 3.63) is 16.8 Å². The Hall–Kier alpha value is -1.71. The fourth-order valence-electron chi connectivity index (χ4n) is 3.89. The summed E-state index contributed by atoms with van der Waals surface area (Å²) >= 11 is 3.17. The monoisotopic (exact) mass is 433 g/mol. The van der Waals surface area contributed by atoms with Crippen LogP contribution in [-0.4, -0.2) is 88.0 Å². The zero-order chi connectivity index (χ0) is 20.4. The number of amides is 2. The lowest BCUT2D eigenvalue weighted by Crippen LogP contribution is -2.51. The van der Waals surface area contributed by atoms with Gasteiger partial charge in [-0.3, -0.25) is 14.5 Å². The SMILES string of the molecule is Cc1sc2ncnc(SCC(=O)N3CCN(CC(=O)N4CCCC4)CC3)c2c1C. The zero-order valence-electron chi connectivity index (χ0n) is 17.0. The van der Waals surface area contributed by atoms with Crippen LogP contribution < -0.4 is 0 Å². The van der Waals surface area contributed by atoms with E-state index >= 15 is 0 Å². The molecular weight excluding hydrogens is 406 g/mol. The summed E-state index contributed by atoms with van der Waals surface area (Å²) < 4.78 is 0. The van der Waals surface area contributed by atoms with Gasteiger partial charge in [-0.15, -0.1) is 11.3 Å². The van der Waals surface area contributed by atoms with Crippen LogP contribution in [0.3, 0.4) is 0 Å². The standard InChI is InChI=1S/C20H27N5O2S2/c1-14-15(2)29-20-18(14)19(21-13-22-20)28-12-17(27)25-9-7-23(8-10-25)11-16(26)24-5-3-4-6-24/h13H,3-12H2,1-2H3. The lowest BCUT2D eigenvalue weighted by molar-refractivity contribution is -0.133. The smallest absolute Gasteiger partial charge is 0.236 e. The highest BCUT2D eigenvalue weighted by Crippen LogP contribution is 2.34. The maximum absolute atomic E-state index is 12.7. The molecule has 4 rings (SSSR count). The third-order valence-electron chi connectivity index (χ3n) is 5.81. The van der Waals surface area contributed by atoms with Crippen molar-refractivity contribution in [1.82, 2.24) is 24.7 Å². The van der Waals surface area contributed by atoms with Gasteiger partial charge in [-0.2, -0.15) is 0 Å². The number of carbonyl (C=O) groups excluding carboxylic acids is 2. The van der Waals surface area contributed by atoms with Gasteiger partial charge in [-0.05, 0) is 32.3 Å². The second-order valence-electron chi connectivity index (χ2n) is 7.68. The summed E-state index contributed by atoms with van der Waals surface area (Å²) in [5.74, 6) is 0.747. The number of thiophene rings is 1. The van der Waals surface area contributed by atoms with E-state index in [-0.39, 0.29) is 11.8 Å². The average Bonchev–Trinajstić information content (AvgIpc) is 3.36. The van der Waals surface area contributed by atoms with Crippen LogP contribution >= 0.6 is 23.1 Å². The van der Waals surface area contributed by atoms with Gasteiger partial charge in [0.05, 0.1) is 12.3 Å². The first-order chi connectivity index (χ1) is 14.0. The van der Waals surface area contributed by atoms with Gasteiger partial charge in [0.15, 0.2) is 0 Å². The molecule has 0 atom stereocenters. The predicted molar refractivity (Wildman–Crippen MR) is 116 cm³/mol. The molecule has 2 amide bonds. The molecule has 4 heterocycles. The van der Waals surface area contributed by atoms with Crippen LogP contribution in [0, 0.1) is 13.8 Å². The van der Waals surface area contributed by atoms with E-state index in [1.807, 2.05) is 9.80 Å². The number of piperazine rings is 1. The molecule has 7 nitrogen and oxygen atoms in total. The normalized spacial score (nSPS) is 18.0. The van der Waals surface area contributed by atoms with E-state index in [9.17, 15) is 9.59 Å². The van der Waals surface area contributed by atoms with E-state index in [2.05, 4.69) is 28.7 Å². The quantitative estimate of drug-likeness (QED) is 0.532. The van der Waals surface area contributed by atoms with Gasteiger partial charge in [-0.1, -0.05) is 11.8 Å². The molecule has 0 radical (unpaired) electrons. The summed E-state index contributed by atoms with van der Waals surface area (Å²) in [5, 5.41) is 1.97. The number of thioether (sulfide) groups is 1. The molecule has 2 saturated heterocycles. The van der Waals surface area contributed by atoms with Crippen molar-refractivity contribution < 1.29 is 9.59 Å². The number of aromatic nitrogens is 2. The minimum Gasteiger partial charge on any atom is -0.342 e. The molecule has 0 bridgehead atoms. The van der Waals surface area contributed by atoms with Crippen molar-refractivity contribution in [1.29, 1.82) is 0 Å². The van der Waals surface area contributed by atoms with Gasteiger partial charge in [-0.25, -0.2) is 9.97 Å². The Morgan fingerprint density at radius 3 is 2.41 bits per heavy atom. The molecule has 2 aromatic rings. The van der Waals surface area contributed by atoms with Crippen LogP contribution in [0.2, 0.25) is 0 Å². The van der Waals surface area contributed by atoms with E-state index in [1.165, 1.54) is 22.2 Å². The fraction of sp³-hybridized carbons (Fsp3) is 0.600. The molecule has 2 fully saturated rings. The van der Waals surface area contributed by atoms with Crippen LogP contribution in [0.15, 0.2) is 11.4 Å². The summed E-state index contributed by atoms with van der Waals surface area (Å²) in [7, 11) is 0. The van der Waals surface area contributed by atoms with Crippen LogP contribution in [0.25, 0.3) is 10.2 Å². The molecule has 0 saturated carbocycles. The lowest BCUT2D eigenvalue weighted by Gasteiger charge is -2.35. The van der Waals surface area contributed by atoms with Gasteiger partial charge < -0.3 is 9.80 Å². The topological polar surface area (TPSA) is 69.6 Å². The van der Waals surface area contributed by atoms with Gasteiger partial charge in [0, 0.05) is 49.5 Å². The van der Waals surface area contributed by atoms with E-state index < -0.39 is 0 Å². The summed E-state index contributed by atoms with van der Waals surface area (Å²) in [6.45, 7) is 9.34. The highest BCUT2D eigenvalue weighted by Gasteiger charge is 2.25. The maximum atomic E-state index is 12.7. The number of nitrogens with zero attached hydrogens (tertiary/aromatic N) is 5. The second-order valence-corrected chi connectivity index (χ2v) is 9.84. The van der Waals surface area contributed by atoms with Crippen molar-refractivity contribution in [3.63, 3.8) is 0 Å². The van der Waals surface area contributed by atoms with Gasteiger partial charge in [0.25, 0.3) is 0 Å². The highest BCUT2D eigenvalue weighted by molar-refractivity contribution is 8.00. The van der Waals surface area contributed by atoms with Crippen LogP contribution in [0.5, 0.6) is 0 Å². The summed E-state index contributed by atoms with van der Waals surface area (Å²) in [5.41, 5.74) is 1.21. The number of aryl methyl sites for hydroxylation is 2. The van der Waals surface area contributed by atoms with Crippen molar-refractivity contribution in [2.45, 2.75) is 31.7 Å². The minimum atomic E-state index is 0.136. The van der Waals surface area contributed by atoms with E-state index in [0.717, 1.165) is 54.3 Å². The third kappa shape index (κ3) is 4.57. The first-order valence-electron chi connectivity index (χ1n) is 10.1. The van der Waals surface area contributed by atoms with Crippen molar-refractivity contribution in [2.75, 3.05) is 51.6 Å². The Morgan fingerprint density at radius 1 is 1.00 bits per heavy atom. The number of hydrogen-bond acceptors (Lipinski definition) is 7.